The van der Waals surface area contributed by atoms with Crippen molar-refractivity contribution in [3.05, 3.63) is 46.4 Å². The lowest BCUT2D eigenvalue weighted by Crippen LogP contribution is -2.29. The molecular formula is C15H14N4O4S. The summed E-state index contributed by atoms with van der Waals surface area (Å²) in [4.78, 5) is 39.5. The number of nitrogens with one attached hydrogen (secondary N) is 1. The molecule has 0 unspecified atom stereocenters. The number of primary amides is 1. The first kappa shape index (κ1) is 16.1. The Bertz CT molecular complexity index is 865. The summed E-state index contributed by atoms with van der Waals surface area (Å²) in [6.07, 6.45) is 1.29. The zero-order valence-electron chi connectivity index (χ0n) is 12.5. The lowest BCUT2D eigenvalue weighted by atomic mass is 10.2. The van der Waals surface area contributed by atoms with Crippen molar-refractivity contribution >= 4 is 29.3 Å². The molecule has 1 aliphatic heterocycles. The number of carbonyl (C=O) groups is 2. The molecule has 1 aromatic heterocycles. The number of nitrogens with zero attached hydrogens (tertiary/aromatic N) is 2. The fourth-order valence-electron chi connectivity index (χ4n) is 2.19. The molecule has 0 aliphatic carbocycles. The highest BCUT2D eigenvalue weighted by Crippen LogP contribution is 2.21. The van der Waals surface area contributed by atoms with E-state index in [0.717, 1.165) is 5.75 Å². The summed E-state index contributed by atoms with van der Waals surface area (Å²) in [6.45, 7) is 0.286. The Morgan fingerprint density at radius 3 is 3.04 bits per heavy atom. The van der Waals surface area contributed by atoms with Gasteiger partial charge in [-0.3, -0.25) is 19.0 Å². The minimum Gasteiger partial charge on any atom is -0.484 e. The number of fused-ring (bicyclic) bond motifs is 1. The molecule has 0 spiro atoms. The number of anilines is 1. The Balaban J connectivity index is 1.77. The first-order valence-corrected chi connectivity index (χ1v) is 8.08. The molecule has 0 atom stereocenters. The van der Waals surface area contributed by atoms with Crippen LogP contribution < -0.4 is 21.3 Å². The van der Waals surface area contributed by atoms with E-state index in [-0.39, 0.29) is 17.7 Å². The highest BCUT2D eigenvalue weighted by Gasteiger charge is 2.20. The van der Waals surface area contributed by atoms with Crippen LogP contribution in [-0.2, 0) is 11.3 Å². The van der Waals surface area contributed by atoms with Gasteiger partial charge in [-0.15, -0.1) is 0 Å². The van der Waals surface area contributed by atoms with E-state index in [1.165, 1.54) is 28.6 Å². The molecule has 9 heteroatoms. The summed E-state index contributed by atoms with van der Waals surface area (Å²) in [5, 5.41) is 3.25. The van der Waals surface area contributed by atoms with Crippen LogP contribution in [0.1, 0.15) is 10.4 Å². The average Bonchev–Trinajstić information content (AvgIpc) is 3.03. The highest BCUT2D eigenvalue weighted by atomic mass is 32.2. The summed E-state index contributed by atoms with van der Waals surface area (Å²) in [7, 11) is 0. The van der Waals surface area contributed by atoms with Crippen LogP contribution in [0, 0.1) is 0 Å². The zero-order chi connectivity index (χ0) is 17.1. The number of ether oxygens (including phenoxy) is 1. The van der Waals surface area contributed by atoms with E-state index in [1.807, 2.05) is 0 Å². The van der Waals surface area contributed by atoms with Gasteiger partial charge in [0.2, 0.25) is 0 Å². The number of rotatable bonds is 5. The van der Waals surface area contributed by atoms with Gasteiger partial charge in [-0.25, -0.2) is 4.98 Å². The standard InChI is InChI=1S/C15H14N4O4S/c16-12(20)8-23-10-3-1-2-9(6-10)18-13(21)11-7-17-15-19(14(11)22)4-5-24-15/h1-3,6-7H,4-5,8H2,(H2,16,20)(H,18,21). The van der Waals surface area contributed by atoms with Crippen molar-refractivity contribution in [2.24, 2.45) is 5.73 Å². The molecular weight excluding hydrogens is 332 g/mol. The normalized spacial score (nSPS) is 12.5. The molecule has 0 saturated carbocycles. The second-order valence-corrected chi connectivity index (χ2v) is 6.06. The molecule has 0 radical (unpaired) electrons. The summed E-state index contributed by atoms with van der Waals surface area (Å²) in [5.41, 5.74) is 5.07. The molecule has 3 N–H and O–H groups in total. The van der Waals surface area contributed by atoms with Crippen molar-refractivity contribution in [2.75, 3.05) is 17.7 Å². The van der Waals surface area contributed by atoms with Gasteiger partial charge in [0.25, 0.3) is 17.4 Å². The smallest absolute Gasteiger partial charge is 0.267 e. The van der Waals surface area contributed by atoms with Crippen LogP contribution in [0.25, 0.3) is 0 Å². The number of hydrogen-bond donors (Lipinski definition) is 2. The van der Waals surface area contributed by atoms with Gasteiger partial charge in [0.05, 0.1) is 0 Å². The Labute approximate surface area is 141 Å². The quantitative estimate of drug-likeness (QED) is 0.760. The largest absolute Gasteiger partial charge is 0.484 e. The second kappa shape index (κ2) is 6.75. The van der Waals surface area contributed by atoms with Crippen molar-refractivity contribution in [1.29, 1.82) is 0 Å². The molecule has 124 valence electrons. The Morgan fingerprint density at radius 2 is 2.25 bits per heavy atom. The van der Waals surface area contributed by atoms with E-state index in [2.05, 4.69) is 10.3 Å². The van der Waals surface area contributed by atoms with Crippen molar-refractivity contribution in [2.45, 2.75) is 11.7 Å². The minimum absolute atomic E-state index is 0.0234. The first-order valence-electron chi connectivity index (χ1n) is 7.10. The molecule has 1 aliphatic rings. The Morgan fingerprint density at radius 1 is 1.42 bits per heavy atom. The van der Waals surface area contributed by atoms with Gasteiger partial charge in [0.15, 0.2) is 11.8 Å². The fraction of sp³-hybridized carbons (Fsp3) is 0.200. The van der Waals surface area contributed by atoms with Crippen molar-refractivity contribution in [1.82, 2.24) is 9.55 Å². The minimum atomic E-state index is -0.598. The molecule has 0 bridgehead atoms. The predicted molar refractivity (Wildman–Crippen MR) is 88.3 cm³/mol. The van der Waals surface area contributed by atoms with Crippen LogP contribution in [-0.4, -0.2) is 33.7 Å². The van der Waals surface area contributed by atoms with Crippen LogP contribution in [0.5, 0.6) is 5.75 Å². The van der Waals surface area contributed by atoms with Crippen molar-refractivity contribution in [3.8, 4) is 5.75 Å². The van der Waals surface area contributed by atoms with Gasteiger partial charge in [0, 0.05) is 30.2 Å². The van der Waals surface area contributed by atoms with E-state index in [4.69, 9.17) is 10.5 Å². The van der Waals surface area contributed by atoms with E-state index in [1.54, 1.807) is 18.2 Å². The summed E-state index contributed by atoms with van der Waals surface area (Å²) in [6, 6.07) is 6.45. The molecule has 3 rings (SSSR count). The third-order valence-electron chi connectivity index (χ3n) is 3.27. The number of thioether (sulfide) groups is 1. The second-order valence-electron chi connectivity index (χ2n) is 5.00. The molecule has 0 saturated heterocycles. The Kier molecular flexibility index (Phi) is 4.52. The number of amides is 2. The number of benzene rings is 1. The van der Waals surface area contributed by atoms with E-state index < -0.39 is 11.8 Å². The fourth-order valence-corrected chi connectivity index (χ4v) is 3.10. The third-order valence-corrected chi connectivity index (χ3v) is 4.24. The number of hydrogen-bond acceptors (Lipinski definition) is 6. The van der Waals surface area contributed by atoms with Crippen LogP contribution >= 0.6 is 11.8 Å². The topological polar surface area (TPSA) is 116 Å². The molecule has 8 nitrogen and oxygen atoms in total. The van der Waals surface area contributed by atoms with Crippen LogP contribution in [0.4, 0.5) is 5.69 Å². The molecule has 2 amide bonds. The van der Waals surface area contributed by atoms with E-state index >= 15 is 0 Å². The van der Waals surface area contributed by atoms with Gasteiger partial charge in [-0.2, -0.15) is 0 Å². The van der Waals surface area contributed by atoms with Crippen LogP contribution in [0.3, 0.4) is 0 Å². The van der Waals surface area contributed by atoms with Gasteiger partial charge in [-0.05, 0) is 12.1 Å². The van der Waals surface area contributed by atoms with Crippen LogP contribution in [0.2, 0.25) is 0 Å². The van der Waals surface area contributed by atoms with Crippen molar-refractivity contribution in [3.63, 3.8) is 0 Å². The van der Waals surface area contributed by atoms with Gasteiger partial charge in [0.1, 0.15) is 11.3 Å². The maximum absolute atomic E-state index is 12.3. The van der Waals surface area contributed by atoms with Crippen LogP contribution in [0.15, 0.2) is 40.4 Å². The number of carbonyl (C=O) groups excluding carboxylic acids is 2. The molecule has 2 heterocycles. The maximum Gasteiger partial charge on any atom is 0.267 e. The number of aromatic nitrogens is 2. The summed E-state index contributed by atoms with van der Waals surface area (Å²) >= 11 is 1.48. The molecule has 1 aromatic carbocycles. The number of nitrogens with two attached hydrogens (primary N) is 1. The summed E-state index contributed by atoms with van der Waals surface area (Å²) in [5.74, 6) is 0.00475. The van der Waals surface area contributed by atoms with Gasteiger partial charge in [-0.1, -0.05) is 17.8 Å². The Hall–Kier alpha value is -2.81. The lowest BCUT2D eigenvalue weighted by molar-refractivity contribution is -0.119. The van der Waals surface area contributed by atoms with E-state index in [0.29, 0.717) is 23.1 Å². The zero-order valence-corrected chi connectivity index (χ0v) is 13.3. The summed E-state index contributed by atoms with van der Waals surface area (Å²) < 4.78 is 6.66. The first-order chi connectivity index (χ1) is 11.5. The third kappa shape index (κ3) is 3.40. The van der Waals surface area contributed by atoms with E-state index in [9.17, 15) is 14.4 Å². The average molecular weight is 346 g/mol. The highest BCUT2D eigenvalue weighted by molar-refractivity contribution is 7.99. The monoisotopic (exact) mass is 346 g/mol. The molecule has 0 fully saturated rings. The van der Waals surface area contributed by atoms with Gasteiger partial charge < -0.3 is 15.8 Å². The van der Waals surface area contributed by atoms with Crippen molar-refractivity contribution < 1.29 is 14.3 Å². The van der Waals surface area contributed by atoms with Gasteiger partial charge >= 0.3 is 0 Å². The predicted octanol–water partition coefficient (Wildman–Crippen LogP) is 0.465. The maximum atomic E-state index is 12.3. The lowest BCUT2D eigenvalue weighted by Gasteiger charge is -2.09. The molecule has 2 aromatic rings. The SMILES string of the molecule is NC(=O)COc1cccc(NC(=O)c2cnc3n(c2=O)CCS3)c1. The molecule has 24 heavy (non-hydrogen) atoms.